The molecule has 0 unspecified atom stereocenters. The van der Waals surface area contributed by atoms with E-state index in [0.717, 1.165) is 0 Å². The van der Waals surface area contributed by atoms with Gasteiger partial charge < -0.3 is 4.90 Å². The SMILES string of the molecule is C[NH+](C)c1ccccc1.O=S(=O)([C-](S(=O)(=O)C(F)(F)F)S(=O)(=O)C(F)(F)F)C(F)(F)F. The number of quaternary nitrogens is 1. The summed E-state index contributed by atoms with van der Waals surface area (Å²) in [5, 5.41) is 0. The van der Waals surface area contributed by atoms with Gasteiger partial charge in [0, 0.05) is 0 Å². The average molecular weight is 533 g/mol. The molecule has 0 atom stereocenters. The number of benzene rings is 1. The van der Waals surface area contributed by atoms with E-state index in [1.54, 1.807) is 0 Å². The van der Waals surface area contributed by atoms with Crippen LogP contribution in [0.25, 0.3) is 0 Å². The van der Waals surface area contributed by atoms with Crippen molar-refractivity contribution < 1.29 is 69.7 Å². The van der Waals surface area contributed by atoms with E-state index in [4.69, 9.17) is 0 Å². The van der Waals surface area contributed by atoms with Crippen LogP contribution in [0.3, 0.4) is 0 Å². The summed E-state index contributed by atoms with van der Waals surface area (Å²) in [6.07, 6.45) is 0. The highest BCUT2D eigenvalue weighted by Gasteiger charge is 2.63. The summed E-state index contributed by atoms with van der Waals surface area (Å²) in [5.41, 5.74) is -19.8. The number of hydrogen-bond donors (Lipinski definition) is 1. The third-order valence-corrected chi connectivity index (χ3v) is 10.0. The Kier molecular flexibility index (Phi) is 8.63. The first-order chi connectivity index (χ1) is 13.4. The van der Waals surface area contributed by atoms with Crippen molar-refractivity contribution in [3.8, 4) is 0 Å². The highest BCUT2D eigenvalue weighted by atomic mass is 32.3. The fourth-order valence-electron chi connectivity index (χ4n) is 1.49. The maximum Gasteiger partial charge on any atom is 0.470 e. The highest BCUT2D eigenvalue weighted by Crippen LogP contribution is 2.47. The van der Waals surface area contributed by atoms with E-state index < -0.39 is 50.0 Å². The number of alkyl halides is 9. The van der Waals surface area contributed by atoms with Crippen LogP contribution in [-0.4, -0.2) is 55.9 Å². The molecule has 0 spiro atoms. The van der Waals surface area contributed by atoms with Crippen LogP contribution in [0.5, 0.6) is 0 Å². The summed E-state index contributed by atoms with van der Waals surface area (Å²) in [4.78, 5) is 1.37. The maximum atomic E-state index is 12.0. The predicted octanol–water partition coefficient (Wildman–Crippen LogP) is 1.70. The van der Waals surface area contributed by atoms with Gasteiger partial charge in [0.1, 0.15) is 5.69 Å². The third-order valence-electron chi connectivity index (χ3n) is 2.92. The van der Waals surface area contributed by atoms with E-state index in [1.807, 2.05) is 6.07 Å². The smallest absolute Gasteiger partial charge is 0.307 e. The third kappa shape index (κ3) is 6.45. The monoisotopic (exact) mass is 533 g/mol. The van der Waals surface area contributed by atoms with Gasteiger partial charge in [0.2, 0.25) is 0 Å². The van der Waals surface area contributed by atoms with Gasteiger partial charge in [-0.2, -0.15) is 39.5 Å². The standard InChI is InChI=1S/C8H11N.C4F9O6S3/c1-9(2)8-6-4-3-5-7-8;5-2(6,7)20(14,15)1(21(16,17)3(8,9)10)22(18,19)4(11,12)13/h3-7H,1-2H3;/q;-1/p+1. The molecule has 0 amide bonds. The Bertz CT molecular complexity index is 953. The Labute approximate surface area is 170 Å². The second kappa shape index (κ2) is 9.10. The van der Waals surface area contributed by atoms with Crippen LogP contribution in [-0.2, 0) is 29.5 Å². The van der Waals surface area contributed by atoms with E-state index in [0.29, 0.717) is 0 Å². The van der Waals surface area contributed by atoms with E-state index >= 15 is 0 Å². The lowest BCUT2D eigenvalue weighted by Gasteiger charge is -2.31. The zero-order valence-corrected chi connectivity index (χ0v) is 17.4. The van der Waals surface area contributed by atoms with Crippen LogP contribution in [0.1, 0.15) is 0 Å². The minimum atomic E-state index is -8.02. The lowest BCUT2D eigenvalue weighted by Crippen LogP contribution is -3.00. The molecule has 0 saturated heterocycles. The molecule has 19 heteroatoms. The van der Waals surface area contributed by atoms with Gasteiger partial charge in [0.05, 0.1) is 18.0 Å². The molecule has 31 heavy (non-hydrogen) atoms. The van der Waals surface area contributed by atoms with Gasteiger partial charge in [0.15, 0.2) is 29.5 Å². The summed E-state index contributed by atoms with van der Waals surface area (Å²) in [5.74, 6) is 0. The van der Waals surface area contributed by atoms with Crippen molar-refractivity contribution in [2.45, 2.75) is 16.5 Å². The Morgan fingerprint density at radius 3 is 1.03 bits per heavy atom. The average Bonchev–Trinajstić information content (AvgIpc) is 2.52. The normalized spacial score (nSPS) is 14.4. The van der Waals surface area contributed by atoms with Crippen LogP contribution in [0.2, 0.25) is 0 Å². The molecule has 1 rings (SSSR count). The molecule has 182 valence electrons. The molecule has 7 nitrogen and oxygen atoms in total. The van der Waals surface area contributed by atoms with Crippen molar-refractivity contribution >= 4 is 35.2 Å². The van der Waals surface area contributed by atoms with E-state index in [-0.39, 0.29) is 0 Å². The maximum absolute atomic E-state index is 12.0. The zero-order valence-electron chi connectivity index (χ0n) is 15.0. The number of hydrogen-bond acceptors (Lipinski definition) is 6. The molecule has 0 aliphatic carbocycles. The largest absolute Gasteiger partial charge is 0.470 e. The Balaban J connectivity index is 0.000000823. The molecule has 0 aliphatic rings. The molecule has 0 aromatic heterocycles. The molecule has 0 radical (unpaired) electrons. The van der Waals surface area contributed by atoms with Crippen LogP contribution < -0.4 is 4.90 Å². The summed E-state index contributed by atoms with van der Waals surface area (Å²) in [6, 6.07) is 10.4. The summed E-state index contributed by atoms with van der Waals surface area (Å²) in [7, 11) is -19.8. The minimum absolute atomic E-state index is 1.33. The first-order valence-electron chi connectivity index (χ1n) is 7.09. The highest BCUT2D eigenvalue weighted by molar-refractivity contribution is 8.29. The number of para-hydroxylation sites is 1. The molecular formula is C12H12F9NO6S3. The van der Waals surface area contributed by atoms with Crippen molar-refractivity contribution in [2.24, 2.45) is 0 Å². The fourth-order valence-corrected chi connectivity index (χ4v) is 7.22. The second-order valence-electron chi connectivity index (χ2n) is 5.46. The van der Waals surface area contributed by atoms with E-state index in [1.165, 1.54) is 10.6 Å². The van der Waals surface area contributed by atoms with Gasteiger partial charge in [-0.25, -0.2) is 0 Å². The Morgan fingerprint density at radius 2 is 0.871 bits per heavy atom. The topological polar surface area (TPSA) is 107 Å². The molecule has 1 aromatic rings. The predicted molar refractivity (Wildman–Crippen MR) is 87.1 cm³/mol. The van der Waals surface area contributed by atoms with Crippen molar-refractivity contribution in [3.63, 3.8) is 0 Å². The van der Waals surface area contributed by atoms with Gasteiger partial charge in [0.25, 0.3) is 0 Å². The second-order valence-corrected chi connectivity index (χ2v) is 11.9. The molecule has 0 bridgehead atoms. The van der Waals surface area contributed by atoms with Gasteiger partial charge in [-0.05, 0) is 12.1 Å². The lowest BCUT2D eigenvalue weighted by atomic mass is 10.3. The van der Waals surface area contributed by atoms with Crippen LogP contribution in [0.4, 0.5) is 45.2 Å². The number of rotatable bonds is 4. The first-order valence-corrected chi connectivity index (χ1v) is 11.5. The van der Waals surface area contributed by atoms with Crippen molar-refractivity contribution in [1.82, 2.24) is 0 Å². The van der Waals surface area contributed by atoms with E-state index in [9.17, 15) is 64.8 Å². The molecule has 0 heterocycles. The Morgan fingerprint density at radius 1 is 0.613 bits per heavy atom. The molecular weight excluding hydrogens is 521 g/mol. The Hall–Kier alpha value is -1.60. The van der Waals surface area contributed by atoms with E-state index in [2.05, 4.69) is 38.4 Å². The summed E-state index contributed by atoms with van der Waals surface area (Å²) in [6.45, 7) is 0. The molecule has 1 N–H and O–H groups in total. The van der Waals surface area contributed by atoms with Crippen molar-refractivity contribution in [3.05, 3.63) is 34.2 Å². The first kappa shape index (κ1) is 29.4. The van der Waals surface area contributed by atoms with Crippen molar-refractivity contribution in [1.29, 1.82) is 0 Å². The van der Waals surface area contributed by atoms with Crippen LogP contribution >= 0.6 is 0 Å². The number of halogens is 9. The van der Waals surface area contributed by atoms with Crippen molar-refractivity contribution in [2.75, 3.05) is 14.1 Å². The van der Waals surface area contributed by atoms with Crippen LogP contribution in [0.15, 0.2) is 30.3 Å². The summed E-state index contributed by atoms with van der Waals surface area (Å²) >= 11 is 0. The van der Waals surface area contributed by atoms with Gasteiger partial charge in [-0.15, -0.1) is 0 Å². The van der Waals surface area contributed by atoms with Gasteiger partial charge >= 0.3 is 16.5 Å². The molecule has 0 fully saturated rings. The summed E-state index contributed by atoms with van der Waals surface area (Å²) < 4.78 is 167. The van der Waals surface area contributed by atoms with Gasteiger partial charge in [-0.3, -0.25) is 25.3 Å². The fraction of sp³-hybridized carbons (Fsp3) is 0.417. The molecule has 0 aliphatic heterocycles. The molecule has 1 aromatic carbocycles. The minimum Gasteiger partial charge on any atom is -0.307 e. The van der Waals surface area contributed by atoms with Crippen LogP contribution in [0, 0.1) is 3.91 Å². The van der Waals surface area contributed by atoms with Gasteiger partial charge in [-0.1, -0.05) is 18.2 Å². The zero-order chi connectivity index (χ0) is 25.3. The quantitative estimate of drug-likeness (QED) is 0.467. The number of sulfone groups is 3. The molecule has 0 saturated carbocycles. The lowest BCUT2D eigenvalue weighted by molar-refractivity contribution is -0.786. The number of nitrogens with one attached hydrogen (secondary N) is 1.